The van der Waals surface area contributed by atoms with E-state index in [-0.39, 0.29) is 11.3 Å². The van der Waals surface area contributed by atoms with Gasteiger partial charge in [-0.05, 0) is 22.6 Å². The van der Waals surface area contributed by atoms with Crippen molar-refractivity contribution in [2.45, 2.75) is 6.18 Å². The zero-order chi connectivity index (χ0) is 13.3. The number of nitrogens with two attached hydrogens (primary N) is 1. The number of alkyl halides is 3. The van der Waals surface area contributed by atoms with Crippen LogP contribution in [0.4, 0.5) is 13.2 Å². The summed E-state index contributed by atoms with van der Waals surface area (Å²) < 4.78 is 38.3. The fourth-order valence-electron chi connectivity index (χ4n) is 1.39. The third-order valence-corrected chi connectivity index (χ3v) is 2.12. The summed E-state index contributed by atoms with van der Waals surface area (Å²) in [6.07, 6.45) is -4.73. The highest BCUT2D eigenvalue weighted by Crippen LogP contribution is 2.28. The number of aromatic nitrogens is 4. The number of tetrazole rings is 1. The van der Waals surface area contributed by atoms with Gasteiger partial charge in [0.25, 0.3) is 11.7 Å². The molecule has 0 aliphatic carbocycles. The normalized spacial score (nSPS) is 11.5. The van der Waals surface area contributed by atoms with E-state index in [1.54, 1.807) is 0 Å². The molecule has 18 heavy (non-hydrogen) atoms. The number of carbonyl (C=O) groups is 1. The average Bonchev–Trinajstić information content (AvgIpc) is 2.77. The van der Waals surface area contributed by atoms with Crippen molar-refractivity contribution in [2.24, 2.45) is 5.73 Å². The van der Waals surface area contributed by atoms with Gasteiger partial charge in [-0.15, -0.1) is 5.10 Å². The smallest absolute Gasteiger partial charge is 0.366 e. The minimum absolute atomic E-state index is 0.102. The van der Waals surface area contributed by atoms with Gasteiger partial charge in [-0.25, -0.2) is 0 Å². The second-order valence-corrected chi connectivity index (χ2v) is 3.29. The van der Waals surface area contributed by atoms with E-state index in [9.17, 15) is 18.0 Å². The Hall–Kier alpha value is -2.45. The highest BCUT2D eigenvalue weighted by Gasteiger charge is 2.38. The van der Waals surface area contributed by atoms with E-state index in [1.807, 2.05) is 0 Å². The monoisotopic (exact) mass is 257 g/mol. The summed E-state index contributed by atoms with van der Waals surface area (Å²) in [6.45, 7) is 0. The summed E-state index contributed by atoms with van der Waals surface area (Å²) >= 11 is 0. The number of amides is 1. The van der Waals surface area contributed by atoms with Crippen LogP contribution in [0.25, 0.3) is 5.69 Å². The quantitative estimate of drug-likeness (QED) is 0.861. The highest BCUT2D eigenvalue weighted by molar-refractivity contribution is 5.96. The van der Waals surface area contributed by atoms with E-state index in [0.717, 1.165) is 0 Å². The molecule has 6 nitrogen and oxygen atoms in total. The Kier molecular flexibility index (Phi) is 2.73. The maximum atomic E-state index is 12.6. The van der Waals surface area contributed by atoms with Crippen LogP contribution in [0.15, 0.2) is 24.3 Å². The number of hydrogen-bond acceptors (Lipinski definition) is 4. The van der Waals surface area contributed by atoms with Gasteiger partial charge in [-0.2, -0.15) is 17.9 Å². The number of halogens is 3. The molecule has 0 unspecified atom stereocenters. The molecular formula is C9H6F3N5O. The van der Waals surface area contributed by atoms with Crippen LogP contribution in [0.2, 0.25) is 0 Å². The van der Waals surface area contributed by atoms with E-state index >= 15 is 0 Å². The maximum Gasteiger partial charge on any atom is 0.453 e. The number of rotatable bonds is 2. The SMILES string of the molecule is NC(=O)c1ccccc1-n1nnnc1C(F)(F)F. The minimum atomic E-state index is -4.73. The van der Waals surface area contributed by atoms with Crippen LogP contribution in [0, 0.1) is 0 Å². The fraction of sp³-hybridized carbons (Fsp3) is 0.111. The summed E-state index contributed by atoms with van der Waals surface area (Å²) in [6, 6.07) is 5.48. The number of hydrogen-bond donors (Lipinski definition) is 1. The molecule has 2 rings (SSSR count). The molecule has 1 aromatic carbocycles. The first-order valence-electron chi connectivity index (χ1n) is 4.66. The predicted molar refractivity (Wildman–Crippen MR) is 52.7 cm³/mol. The highest BCUT2D eigenvalue weighted by atomic mass is 19.4. The summed E-state index contributed by atoms with van der Waals surface area (Å²) in [5.74, 6) is -2.19. The zero-order valence-corrected chi connectivity index (χ0v) is 8.72. The molecule has 0 saturated carbocycles. The molecule has 2 aromatic rings. The van der Waals surface area contributed by atoms with Crippen LogP contribution in [-0.2, 0) is 6.18 Å². The van der Waals surface area contributed by atoms with Crippen LogP contribution in [0.3, 0.4) is 0 Å². The molecule has 0 aliphatic heterocycles. The van der Waals surface area contributed by atoms with Crippen molar-refractivity contribution in [3.63, 3.8) is 0 Å². The number of primary amides is 1. The second kappa shape index (κ2) is 4.09. The third kappa shape index (κ3) is 2.01. The zero-order valence-electron chi connectivity index (χ0n) is 8.72. The first-order chi connectivity index (χ1) is 8.41. The molecule has 1 heterocycles. The Morgan fingerprint density at radius 2 is 1.94 bits per heavy atom. The molecule has 0 fully saturated rings. The molecule has 1 amide bonds. The van der Waals surface area contributed by atoms with Crippen molar-refractivity contribution in [1.29, 1.82) is 0 Å². The first-order valence-corrected chi connectivity index (χ1v) is 4.66. The molecular weight excluding hydrogens is 251 g/mol. The molecule has 0 atom stereocenters. The van der Waals surface area contributed by atoms with Crippen molar-refractivity contribution in [1.82, 2.24) is 20.2 Å². The van der Waals surface area contributed by atoms with Crippen molar-refractivity contribution < 1.29 is 18.0 Å². The Morgan fingerprint density at radius 3 is 2.56 bits per heavy atom. The number of para-hydroxylation sites is 1. The van der Waals surface area contributed by atoms with Crippen LogP contribution < -0.4 is 5.73 Å². The lowest BCUT2D eigenvalue weighted by Gasteiger charge is -2.09. The van der Waals surface area contributed by atoms with Gasteiger partial charge < -0.3 is 5.73 Å². The van der Waals surface area contributed by atoms with Gasteiger partial charge in [0.15, 0.2) is 0 Å². The van der Waals surface area contributed by atoms with Crippen LogP contribution in [-0.4, -0.2) is 26.1 Å². The number of carbonyl (C=O) groups excluding carboxylic acids is 1. The first kappa shape index (κ1) is 12.0. The largest absolute Gasteiger partial charge is 0.453 e. The lowest BCUT2D eigenvalue weighted by atomic mass is 10.1. The van der Waals surface area contributed by atoms with Gasteiger partial charge in [0.1, 0.15) is 0 Å². The molecule has 0 aliphatic rings. The van der Waals surface area contributed by atoms with Gasteiger partial charge in [0.2, 0.25) is 0 Å². The van der Waals surface area contributed by atoms with Gasteiger partial charge in [-0.1, -0.05) is 12.1 Å². The summed E-state index contributed by atoms with van der Waals surface area (Å²) in [5, 5.41) is 9.07. The lowest BCUT2D eigenvalue weighted by Crippen LogP contribution is -2.19. The van der Waals surface area contributed by atoms with E-state index in [0.29, 0.717) is 4.68 Å². The molecule has 0 spiro atoms. The molecule has 0 radical (unpaired) electrons. The molecule has 94 valence electrons. The molecule has 2 N–H and O–H groups in total. The van der Waals surface area contributed by atoms with E-state index in [2.05, 4.69) is 15.5 Å². The van der Waals surface area contributed by atoms with E-state index in [4.69, 9.17) is 5.73 Å². The third-order valence-electron chi connectivity index (χ3n) is 2.12. The molecule has 9 heteroatoms. The topological polar surface area (TPSA) is 86.7 Å². The predicted octanol–water partition coefficient (Wildman–Crippen LogP) is 0.780. The molecule has 0 bridgehead atoms. The Morgan fingerprint density at radius 1 is 1.28 bits per heavy atom. The van der Waals surface area contributed by atoms with Gasteiger partial charge in [0.05, 0.1) is 11.3 Å². The second-order valence-electron chi connectivity index (χ2n) is 3.29. The van der Waals surface area contributed by atoms with Crippen molar-refractivity contribution in [3.8, 4) is 5.69 Å². The number of nitrogens with zero attached hydrogens (tertiary/aromatic N) is 4. The fourth-order valence-corrected chi connectivity index (χ4v) is 1.39. The Bertz CT molecular complexity index is 592. The van der Waals surface area contributed by atoms with Crippen molar-refractivity contribution >= 4 is 5.91 Å². The van der Waals surface area contributed by atoms with E-state index in [1.165, 1.54) is 24.3 Å². The van der Waals surface area contributed by atoms with Crippen LogP contribution in [0.1, 0.15) is 16.2 Å². The lowest BCUT2D eigenvalue weighted by molar-refractivity contribution is -0.146. The summed E-state index contributed by atoms with van der Waals surface area (Å²) in [5.41, 5.74) is 4.85. The van der Waals surface area contributed by atoms with Crippen molar-refractivity contribution in [3.05, 3.63) is 35.7 Å². The molecule has 0 saturated heterocycles. The van der Waals surface area contributed by atoms with Crippen LogP contribution >= 0.6 is 0 Å². The van der Waals surface area contributed by atoms with Crippen molar-refractivity contribution in [2.75, 3.05) is 0 Å². The Labute approximate surface area is 98.2 Å². The average molecular weight is 257 g/mol. The minimum Gasteiger partial charge on any atom is -0.366 e. The Balaban J connectivity index is 2.64. The summed E-state index contributed by atoms with van der Waals surface area (Å²) in [7, 11) is 0. The van der Waals surface area contributed by atoms with Gasteiger partial charge in [0, 0.05) is 0 Å². The van der Waals surface area contributed by atoms with Gasteiger partial charge >= 0.3 is 6.18 Å². The summed E-state index contributed by atoms with van der Waals surface area (Å²) in [4.78, 5) is 11.1. The van der Waals surface area contributed by atoms with Gasteiger partial charge in [-0.3, -0.25) is 4.79 Å². The number of benzene rings is 1. The van der Waals surface area contributed by atoms with E-state index < -0.39 is 17.9 Å². The molecule has 1 aromatic heterocycles. The maximum absolute atomic E-state index is 12.6. The van der Waals surface area contributed by atoms with Crippen LogP contribution in [0.5, 0.6) is 0 Å². The standard InChI is InChI=1S/C9H6F3N5O/c10-9(11,12)8-14-15-16-17(8)6-4-2-1-3-5(6)7(13)18/h1-4H,(H2,13,18).